The van der Waals surface area contributed by atoms with Crippen LogP contribution in [0.15, 0.2) is 83.3 Å². The first-order valence-electron chi connectivity index (χ1n) is 8.64. The molecular weight excluding hydrogens is 394 g/mol. The number of imidazole rings is 1. The molecule has 0 spiro atoms. The fourth-order valence-corrected chi connectivity index (χ4v) is 4.83. The number of hydrogen-bond acceptors (Lipinski definition) is 4. The number of nitrogens with zero attached hydrogens (tertiary/aromatic N) is 2. The van der Waals surface area contributed by atoms with Gasteiger partial charge in [0.1, 0.15) is 12.4 Å². The van der Waals surface area contributed by atoms with Gasteiger partial charge in [-0.1, -0.05) is 59.9 Å². The molecule has 2 aromatic heterocycles. The van der Waals surface area contributed by atoms with Crippen molar-refractivity contribution in [2.75, 3.05) is 0 Å². The molecule has 6 nitrogen and oxygen atoms in total. The molecule has 0 saturated heterocycles. The molecule has 8 heteroatoms. The van der Waals surface area contributed by atoms with Crippen molar-refractivity contribution >= 4 is 32.1 Å². The second-order valence-electron chi connectivity index (χ2n) is 6.23. The molecular formula is C20H18N3O3S2+. The van der Waals surface area contributed by atoms with Gasteiger partial charge >= 0.3 is 4.96 Å². The van der Waals surface area contributed by atoms with Gasteiger partial charge in [-0.15, -0.1) is 0 Å². The Morgan fingerprint density at radius 3 is 2.43 bits per heavy atom. The van der Waals surface area contributed by atoms with Crippen LogP contribution in [0.3, 0.4) is 0 Å². The lowest BCUT2D eigenvalue weighted by Crippen LogP contribution is -2.25. The molecule has 0 fully saturated rings. The van der Waals surface area contributed by atoms with Crippen molar-refractivity contribution in [3.05, 3.63) is 89.7 Å². The van der Waals surface area contributed by atoms with Crippen LogP contribution in [-0.4, -0.2) is 18.8 Å². The van der Waals surface area contributed by atoms with Crippen molar-refractivity contribution in [3.63, 3.8) is 0 Å². The summed E-state index contributed by atoms with van der Waals surface area (Å²) in [5, 5.41) is 1.93. The number of thiazole rings is 1. The van der Waals surface area contributed by atoms with Crippen LogP contribution in [0.25, 0.3) is 4.96 Å². The van der Waals surface area contributed by atoms with Crippen molar-refractivity contribution < 1.29 is 17.6 Å². The van der Waals surface area contributed by atoms with E-state index in [-0.39, 0.29) is 23.8 Å². The number of fused-ring (bicyclic) bond motifs is 1. The van der Waals surface area contributed by atoms with Gasteiger partial charge in [-0.3, -0.25) is 4.79 Å². The van der Waals surface area contributed by atoms with Gasteiger partial charge < -0.3 is 0 Å². The maximum atomic E-state index is 12.7. The first-order valence-corrected chi connectivity index (χ1v) is 11.0. The van der Waals surface area contributed by atoms with Crippen LogP contribution < -0.4 is 9.12 Å². The molecule has 0 aliphatic carbocycles. The van der Waals surface area contributed by atoms with Crippen LogP contribution in [0.1, 0.15) is 16.1 Å². The van der Waals surface area contributed by atoms with Crippen molar-refractivity contribution in [1.29, 1.82) is 0 Å². The number of carbonyl (C=O) groups excluding carboxylic acids is 1. The minimum absolute atomic E-state index is 0.0285. The fourth-order valence-electron chi connectivity index (χ4n) is 2.96. The number of benzene rings is 2. The van der Waals surface area contributed by atoms with Crippen LogP contribution >= 0.6 is 11.3 Å². The van der Waals surface area contributed by atoms with E-state index >= 15 is 0 Å². The molecule has 0 radical (unpaired) electrons. The Hall–Kier alpha value is -2.81. The van der Waals surface area contributed by atoms with Gasteiger partial charge in [0, 0.05) is 10.9 Å². The molecule has 2 heterocycles. The van der Waals surface area contributed by atoms with Crippen molar-refractivity contribution in [1.82, 2.24) is 9.29 Å². The highest BCUT2D eigenvalue weighted by Crippen LogP contribution is 2.15. The number of sulfonamides is 1. The summed E-state index contributed by atoms with van der Waals surface area (Å²) in [6, 6.07) is 17.3. The molecule has 0 atom stereocenters. The second kappa shape index (κ2) is 7.67. The molecule has 0 aliphatic rings. The molecule has 0 unspecified atom stereocenters. The van der Waals surface area contributed by atoms with E-state index in [1.54, 1.807) is 42.5 Å². The third-order valence-electron chi connectivity index (χ3n) is 4.38. The maximum absolute atomic E-state index is 12.7. The molecule has 2 aromatic carbocycles. The quantitative estimate of drug-likeness (QED) is 0.375. The molecule has 142 valence electrons. The predicted octanol–water partition coefficient (Wildman–Crippen LogP) is 2.65. The Morgan fingerprint density at radius 1 is 1.04 bits per heavy atom. The van der Waals surface area contributed by atoms with Gasteiger partial charge in [0.25, 0.3) is 0 Å². The summed E-state index contributed by atoms with van der Waals surface area (Å²) < 4.78 is 31.4. The average Bonchev–Trinajstić information content (AvgIpc) is 3.30. The van der Waals surface area contributed by atoms with E-state index < -0.39 is 10.0 Å². The highest BCUT2D eigenvalue weighted by molar-refractivity contribution is 7.89. The Bertz CT molecular complexity index is 1210. The summed E-state index contributed by atoms with van der Waals surface area (Å²) in [7, 11) is -3.63. The average molecular weight is 413 g/mol. The van der Waals surface area contributed by atoms with Gasteiger partial charge in [-0.05, 0) is 12.1 Å². The van der Waals surface area contributed by atoms with Crippen molar-refractivity contribution in [2.24, 2.45) is 0 Å². The van der Waals surface area contributed by atoms with Crippen LogP contribution in [0.5, 0.6) is 0 Å². The minimum Gasteiger partial charge on any atom is -0.290 e. The van der Waals surface area contributed by atoms with Gasteiger partial charge in [-0.25, -0.2) is 17.7 Å². The molecule has 0 amide bonds. The Balaban J connectivity index is 1.60. The normalized spacial score (nSPS) is 11.7. The number of rotatable bonds is 7. The largest absolute Gasteiger partial charge is 0.346 e. The van der Waals surface area contributed by atoms with Gasteiger partial charge in [-0.2, -0.15) is 4.40 Å². The molecule has 28 heavy (non-hydrogen) atoms. The van der Waals surface area contributed by atoms with E-state index in [0.29, 0.717) is 5.56 Å². The monoisotopic (exact) mass is 412 g/mol. The summed E-state index contributed by atoms with van der Waals surface area (Å²) in [6.45, 7) is 0.233. The summed E-state index contributed by atoms with van der Waals surface area (Å²) in [5.74, 6) is -0.0285. The smallest absolute Gasteiger partial charge is 0.290 e. The van der Waals surface area contributed by atoms with Gasteiger partial charge in [0.05, 0.1) is 11.4 Å². The molecule has 4 aromatic rings. The SMILES string of the molecule is O=C(Cn1c(CNS(=O)(=O)c2ccccc2)c[n+]2ccsc12)c1ccccc1. The van der Waals surface area contributed by atoms with Crippen molar-refractivity contribution in [2.45, 2.75) is 18.0 Å². The van der Waals surface area contributed by atoms with E-state index in [4.69, 9.17) is 0 Å². The van der Waals surface area contributed by atoms with E-state index in [1.165, 1.54) is 11.3 Å². The Morgan fingerprint density at radius 2 is 1.71 bits per heavy atom. The van der Waals surface area contributed by atoms with E-state index in [0.717, 1.165) is 10.7 Å². The minimum atomic E-state index is -3.63. The second-order valence-corrected chi connectivity index (χ2v) is 8.87. The maximum Gasteiger partial charge on any atom is 0.346 e. The standard InChI is InChI=1S/C20H18N3O3S2/c24-19(16-7-3-1-4-8-16)15-23-17(14-22-11-12-27-20(22)23)13-21-28(25,26)18-9-5-2-6-10-18/h1-12,14,21H,13,15H2/q+1. The Kier molecular flexibility index (Phi) is 5.08. The van der Waals surface area contributed by atoms with Gasteiger partial charge in [0.15, 0.2) is 12.2 Å². The van der Waals surface area contributed by atoms with E-state index in [9.17, 15) is 13.2 Å². The number of nitrogens with one attached hydrogen (secondary N) is 1. The van der Waals surface area contributed by atoms with Crippen LogP contribution in [-0.2, 0) is 23.1 Å². The third-order valence-corrected chi connectivity index (χ3v) is 6.69. The van der Waals surface area contributed by atoms with E-state index in [2.05, 4.69) is 4.72 Å². The highest BCUT2D eigenvalue weighted by atomic mass is 32.2. The molecule has 0 bridgehead atoms. The lowest BCUT2D eigenvalue weighted by Gasteiger charge is -2.06. The van der Waals surface area contributed by atoms with Crippen LogP contribution in [0, 0.1) is 0 Å². The lowest BCUT2D eigenvalue weighted by atomic mass is 10.1. The highest BCUT2D eigenvalue weighted by Gasteiger charge is 2.23. The van der Waals surface area contributed by atoms with Crippen molar-refractivity contribution in [3.8, 4) is 0 Å². The van der Waals surface area contributed by atoms with Crippen LogP contribution in [0.2, 0.25) is 0 Å². The fraction of sp³-hybridized carbons (Fsp3) is 0.100. The summed E-state index contributed by atoms with van der Waals surface area (Å²) in [5.41, 5.74) is 1.34. The zero-order chi connectivity index (χ0) is 19.6. The zero-order valence-electron chi connectivity index (χ0n) is 14.9. The number of Topliss-reactive ketones (excluding diaryl/α,β-unsaturated/α-hetero) is 1. The first-order chi connectivity index (χ1) is 13.5. The number of aromatic nitrogens is 2. The number of hydrogen-bond donors (Lipinski definition) is 1. The summed E-state index contributed by atoms with van der Waals surface area (Å²) >= 11 is 1.50. The number of carbonyl (C=O) groups is 1. The molecule has 1 N–H and O–H groups in total. The summed E-state index contributed by atoms with van der Waals surface area (Å²) in [6.07, 6.45) is 3.73. The van der Waals surface area contributed by atoms with Gasteiger partial charge in [0.2, 0.25) is 15.8 Å². The predicted molar refractivity (Wildman–Crippen MR) is 107 cm³/mol. The topological polar surface area (TPSA) is 72.3 Å². The number of ketones is 1. The third kappa shape index (κ3) is 3.75. The lowest BCUT2D eigenvalue weighted by molar-refractivity contribution is -0.506. The first kappa shape index (κ1) is 18.5. The van der Waals surface area contributed by atoms with Crippen LogP contribution in [0.4, 0.5) is 0 Å². The molecule has 0 aliphatic heterocycles. The molecule has 0 saturated carbocycles. The zero-order valence-corrected chi connectivity index (χ0v) is 16.5. The molecule has 4 rings (SSSR count). The Labute approximate surface area is 166 Å². The summed E-state index contributed by atoms with van der Waals surface area (Å²) in [4.78, 5) is 13.8. The van der Waals surface area contributed by atoms with E-state index in [1.807, 2.05) is 44.9 Å².